The molecule has 12 aromatic heterocycles. The summed E-state index contributed by atoms with van der Waals surface area (Å²) in [6.07, 6.45) is 19.8. The summed E-state index contributed by atoms with van der Waals surface area (Å²) >= 11 is 6.50. The lowest BCUT2D eigenvalue weighted by atomic mass is 10.1. The van der Waals surface area contributed by atoms with Gasteiger partial charge in [0.1, 0.15) is 30.9 Å². The van der Waals surface area contributed by atoms with Crippen molar-refractivity contribution in [1.82, 2.24) is 89.8 Å². The highest BCUT2D eigenvalue weighted by molar-refractivity contribution is 9.11. The predicted octanol–water partition coefficient (Wildman–Crippen LogP) is 9.69. The van der Waals surface area contributed by atoms with E-state index in [4.69, 9.17) is 15.2 Å². The number of aromatic nitrogens is 18. The molecule has 0 aliphatic heterocycles. The maximum atomic E-state index is 12.3. The smallest absolute Gasteiger partial charge is 0.236 e. The lowest BCUT2D eigenvalue weighted by Gasteiger charge is -2.20. The highest BCUT2D eigenvalue weighted by Crippen LogP contribution is 2.32. The Balaban J connectivity index is 0.000000159. The number of rotatable bonds is 23. The summed E-state index contributed by atoms with van der Waals surface area (Å²) in [5.74, 6) is 1.60. The lowest BCUT2D eigenvalue weighted by Crippen LogP contribution is -2.33. The first-order valence-electron chi connectivity index (χ1n) is 29.5. The van der Waals surface area contributed by atoms with Gasteiger partial charge < -0.3 is 25.8 Å². The Morgan fingerprint density at radius 3 is 1.27 bits per heavy atom. The van der Waals surface area contributed by atoms with E-state index < -0.39 is 46.2 Å². The number of hydrogen-bond acceptors (Lipinski definition) is 29. The first-order chi connectivity index (χ1) is 46.1. The molecule has 0 unspecified atom stereocenters. The van der Waals surface area contributed by atoms with Gasteiger partial charge >= 0.3 is 0 Å². The number of ether oxygens (including phenoxy) is 2. The second-order valence-electron chi connectivity index (χ2n) is 24.3. The molecule has 98 heavy (non-hydrogen) atoms. The maximum absolute atomic E-state index is 12.3. The van der Waals surface area contributed by atoms with Crippen LogP contribution in [0, 0.1) is 0 Å². The average Bonchev–Trinajstić information content (AvgIpc) is 1.43. The Hall–Kier alpha value is -8.53. The SMILES string of the molecule is C[Si](C)(C)CCOCN(c1nnc(Br)s1)S(C)(=O)=O.Cn1cc(-c2cnc3ccc(N)nc3c2)cn1.Cn1cc(-c2cnc3ccc(Nc4nnc(N(COCC[Si](C)(C)C)S(C)(=O)=O)s4)nc3c2)cn1.Cn1cc(-c2cnc3ccc(Nc4nnc(NS(C)(=O)=O)s4)nc3c2)cn1. The summed E-state index contributed by atoms with van der Waals surface area (Å²) in [7, 11) is -7.25. The molecule has 12 aromatic rings. The van der Waals surface area contributed by atoms with Crippen LogP contribution in [-0.4, -0.2) is 177 Å². The standard InChI is InChI=1S/C21H28N8O3S2Si.C15H14N8O2S2.C12H11N5.C9H18BrN3O3S2Si/c1-28-13-16(12-23-28)15-10-18-17(22-11-15)6-7-19(24-18)25-20-26-27-21(33-20)29(34(2,30)31)14-32-8-9-35(3,4)5;1-23-8-10(7-17-23)9-5-12-11(16-6-9)3-4-13(18-12)19-14-20-21-15(26-14)22-27(2,24)25;1-17-7-9(6-15-17)8-4-11-10(14-5-8)2-3-12(13)16-11;1-18(14,15)13(9-12-11-8(10)17-9)7-16-5-6-19(2,3)4/h6-7,10-13H,8-9,14H2,1-5H3,(H,24,25,26);3-8H,1-2H3,(H,21,22)(H,18,19,20);2-7H,1H3,(H2,13,16);5-7H2,1-4H3. The van der Waals surface area contributed by atoms with Gasteiger partial charge in [-0.1, -0.05) is 73.3 Å². The van der Waals surface area contributed by atoms with Gasteiger partial charge in [0.05, 0.1) is 70.5 Å². The van der Waals surface area contributed by atoms with Gasteiger partial charge in [-0.2, -0.15) is 15.3 Å². The van der Waals surface area contributed by atoms with Crippen LogP contribution < -0.4 is 29.7 Å². The van der Waals surface area contributed by atoms with Crippen LogP contribution in [0.3, 0.4) is 0 Å². The molecule has 0 spiro atoms. The Morgan fingerprint density at radius 2 is 0.878 bits per heavy atom. The molecule has 41 heteroatoms. The second kappa shape index (κ2) is 31.6. The zero-order valence-corrected chi connectivity index (χ0v) is 63.7. The van der Waals surface area contributed by atoms with Crippen LogP contribution in [0.5, 0.6) is 0 Å². The van der Waals surface area contributed by atoms with E-state index in [9.17, 15) is 25.3 Å². The van der Waals surface area contributed by atoms with Crippen molar-refractivity contribution in [2.75, 3.05) is 75.1 Å². The number of pyridine rings is 6. The summed E-state index contributed by atoms with van der Waals surface area (Å²) in [4.78, 5) is 26.7. The van der Waals surface area contributed by atoms with Gasteiger partial charge in [0.15, 0.2) is 3.92 Å². The molecule has 0 atom stereocenters. The number of nitrogens with two attached hydrogens (primary N) is 1. The minimum Gasteiger partial charge on any atom is -0.384 e. The van der Waals surface area contributed by atoms with Crippen LogP contribution in [0.2, 0.25) is 51.4 Å². The highest BCUT2D eigenvalue weighted by Gasteiger charge is 2.25. The second-order valence-corrected chi connectivity index (χ2v) is 45.3. The largest absolute Gasteiger partial charge is 0.384 e. The van der Waals surface area contributed by atoms with E-state index in [1.807, 2.05) is 82.3 Å². The summed E-state index contributed by atoms with van der Waals surface area (Å²) in [6, 6.07) is 18.6. The van der Waals surface area contributed by atoms with Crippen LogP contribution in [-0.2, 0) is 60.7 Å². The minimum atomic E-state index is -3.58. The summed E-state index contributed by atoms with van der Waals surface area (Å²) < 4.78 is 92.0. The molecule has 0 amide bonds. The van der Waals surface area contributed by atoms with Crippen LogP contribution in [0.4, 0.5) is 43.1 Å². The van der Waals surface area contributed by atoms with Gasteiger partial charge in [0.2, 0.25) is 55.7 Å². The van der Waals surface area contributed by atoms with Crippen molar-refractivity contribution >= 4 is 172 Å². The molecule has 0 aromatic carbocycles. The third-order valence-corrected chi connectivity index (χ3v) is 22.8. The molecule has 0 saturated carbocycles. The van der Waals surface area contributed by atoms with Crippen molar-refractivity contribution in [2.24, 2.45) is 21.1 Å². The lowest BCUT2D eigenvalue weighted by molar-refractivity contribution is 0.156. The number of nitrogens with zero attached hydrogens (tertiary/aromatic N) is 20. The molecule has 0 fully saturated rings. The Kier molecular flexibility index (Phi) is 23.7. The van der Waals surface area contributed by atoms with Crippen molar-refractivity contribution < 1.29 is 34.7 Å². The third-order valence-electron chi connectivity index (χ3n) is 13.4. The third kappa shape index (κ3) is 22.0. The predicted molar refractivity (Wildman–Crippen MR) is 395 cm³/mol. The number of sulfonamides is 3. The van der Waals surface area contributed by atoms with Crippen molar-refractivity contribution in [1.29, 1.82) is 0 Å². The van der Waals surface area contributed by atoms with Gasteiger partial charge in [-0.15, -0.1) is 30.6 Å². The molecule has 518 valence electrons. The number of fused-ring (bicyclic) bond motifs is 3. The number of hydrogen-bond donors (Lipinski definition) is 4. The molecular formula is C57H71BrN24O8S6Si2. The molecule has 0 radical (unpaired) electrons. The van der Waals surface area contributed by atoms with Gasteiger partial charge in [-0.25, -0.2) is 48.8 Å². The number of halogens is 1. The molecule has 0 saturated heterocycles. The van der Waals surface area contributed by atoms with E-state index in [1.54, 1.807) is 63.2 Å². The van der Waals surface area contributed by atoms with Crippen LogP contribution >= 0.6 is 49.9 Å². The van der Waals surface area contributed by atoms with E-state index >= 15 is 0 Å². The summed E-state index contributed by atoms with van der Waals surface area (Å²) in [6.45, 7) is 14.4. The normalized spacial score (nSPS) is 11.9. The van der Waals surface area contributed by atoms with Crippen molar-refractivity contribution in [2.45, 2.75) is 51.4 Å². The average molecular weight is 1550 g/mol. The van der Waals surface area contributed by atoms with Gasteiger partial charge in [0.25, 0.3) is 0 Å². The molecule has 12 heterocycles. The molecule has 5 N–H and O–H groups in total. The number of nitrogen functional groups attached to an aromatic ring is 1. The zero-order valence-electron chi connectivity index (χ0n) is 55.3. The van der Waals surface area contributed by atoms with E-state index in [-0.39, 0.29) is 23.7 Å². The number of nitrogens with one attached hydrogen (secondary N) is 3. The van der Waals surface area contributed by atoms with Gasteiger partial charge in [-0.05, 0) is 82.6 Å². The van der Waals surface area contributed by atoms with Crippen molar-refractivity contribution in [3.63, 3.8) is 0 Å². The molecule has 0 aliphatic rings. The van der Waals surface area contributed by atoms with Gasteiger partial charge in [0, 0.05) is 121 Å². The Bertz CT molecular complexity index is 5080. The quantitative estimate of drug-likeness (QED) is 0.0263. The maximum Gasteiger partial charge on any atom is 0.236 e. The molecule has 12 rings (SSSR count). The number of anilines is 8. The first kappa shape index (κ1) is 73.7. The highest BCUT2D eigenvalue weighted by atomic mass is 79.9. The Morgan fingerprint density at radius 1 is 0.490 bits per heavy atom. The zero-order chi connectivity index (χ0) is 70.7. The summed E-state index contributed by atoms with van der Waals surface area (Å²) in [5, 5.41) is 43.6. The van der Waals surface area contributed by atoms with Crippen molar-refractivity contribution in [3.8, 4) is 33.4 Å². The van der Waals surface area contributed by atoms with Crippen LogP contribution in [0.1, 0.15) is 0 Å². The fraction of sp³-hybridized carbons (Fsp3) is 0.316. The first-order valence-corrected chi connectivity index (χ1v) is 45.7. The fourth-order valence-electron chi connectivity index (χ4n) is 8.36. The molecule has 0 bridgehead atoms. The number of aryl methyl sites for hydroxylation is 3. The Labute approximate surface area is 587 Å². The monoisotopic (exact) mass is 1550 g/mol. The minimum absolute atomic E-state index is 0.0229. The van der Waals surface area contributed by atoms with Gasteiger partial charge in [-0.3, -0.25) is 33.7 Å². The van der Waals surface area contributed by atoms with Crippen LogP contribution in [0.15, 0.2) is 114 Å². The van der Waals surface area contributed by atoms with Crippen LogP contribution in [0.25, 0.3) is 66.5 Å². The van der Waals surface area contributed by atoms with E-state index in [0.29, 0.717) is 61.0 Å². The van der Waals surface area contributed by atoms with E-state index in [1.165, 1.54) is 0 Å². The van der Waals surface area contributed by atoms with E-state index in [0.717, 1.165) is 129 Å². The van der Waals surface area contributed by atoms with Crippen molar-refractivity contribution in [3.05, 3.63) is 114 Å². The summed E-state index contributed by atoms with van der Waals surface area (Å²) in [5.41, 5.74) is 15.9. The topological polar surface area (TPSA) is 398 Å². The molecular weight excluding hydrogens is 1480 g/mol. The molecule has 0 aliphatic carbocycles. The fourth-order valence-corrected chi connectivity index (χ4v) is 15.2. The molecule has 32 nitrogen and oxygen atoms in total. The van der Waals surface area contributed by atoms with E-state index in [2.05, 4.69) is 146 Å².